The topological polar surface area (TPSA) is 85.2 Å². The van der Waals surface area contributed by atoms with Crippen molar-refractivity contribution >= 4 is 6.03 Å². The van der Waals surface area contributed by atoms with Crippen LogP contribution in [0.15, 0.2) is 48.5 Å². The Bertz CT molecular complexity index is 744. The zero-order valence-corrected chi connectivity index (χ0v) is 13.7. The first kappa shape index (κ1) is 18.4. The molecule has 1 atom stereocenters. The van der Waals surface area contributed by atoms with E-state index >= 15 is 0 Å². The zero-order chi connectivity index (χ0) is 18.1. The highest BCUT2D eigenvalue weighted by molar-refractivity contribution is 5.73. The number of nitriles is 1. The first-order valence-electron chi connectivity index (χ1n) is 8.00. The van der Waals surface area contributed by atoms with Gasteiger partial charge in [0.1, 0.15) is 5.82 Å². The predicted molar refractivity (Wildman–Crippen MR) is 92.2 cm³/mol. The Hall–Kier alpha value is -2.91. The average Bonchev–Trinajstić information content (AvgIpc) is 2.65. The molecule has 0 aliphatic heterocycles. The van der Waals surface area contributed by atoms with Crippen LogP contribution < -0.4 is 10.6 Å². The van der Waals surface area contributed by atoms with Crippen LogP contribution in [0, 0.1) is 17.1 Å². The van der Waals surface area contributed by atoms with Gasteiger partial charge in [-0.25, -0.2) is 9.18 Å². The van der Waals surface area contributed by atoms with Crippen LogP contribution in [0.2, 0.25) is 0 Å². The Kier molecular flexibility index (Phi) is 6.93. The van der Waals surface area contributed by atoms with Crippen molar-refractivity contribution in [3.8, 4) is 6.07 Å². The van der Waals surface area contributed by atoms with E-state index in [-0.39, 0.29) is 24.6 Å². The standard InChI is InChI=1S/C19H20FN3O2/c20-18-7-6-14(11-21)10-17(18)13-23-19(25)22-12-16(8-9-24)15-4-2-1-3-5-15/h1-7,10,16,24H,8-9,12-13H2,(H2,22,23,25). The summed E-state index contributed by atoms with van der Waals surface area (Å²) in [6, 6.07) is 15.1. The van der Waals surface area contributed by atoms with Crippen molar-refractivity contribution in [1.29, 1.82) is 5.26 Å². The molecule has 2 aromatic rings. The van der Waals surface area contributed by atoms with E-state index < -0.39 is 11.8 Å². The summed E-state index contributed by atoms with van der Waals surface area (Å²) in [5.74, 6) is -0.475. The molecule has 0 aliphatic rings. The lowest BCUT2D eigenvalue weighted by Gasteiger charge is -2.17. The van der Waals surface area contributed by atoms with Gasteiger partial charge >= 0.3 is 6.03 Å². The average molecular weight is 341 g/mol. The number of hydrogen-bond donors (Lipinski definition) is 3. The molecule has 0 bridgehead atoms. The van der Waals surface area contributed by atoms with Crippen LogP contribution in [0.25, 0.3) is 0 Å². The fourth-order valence-corrected chi connectivity index (χ4v) is 2.50. The SMILES string of the molecule is N#Cc1ccc(F)c(CNC(=O)NCC(CCO)c2ccccc2)c1. The molecular weight excluding hydrogens is 321 g/mol. The molecule has 2 aromatic carbocycles. The fraction of sp³-hybridized carbons (Fsp3) is 0.263. The maximum atomic E-state index is 13.7. The molecule has 0 fully saturated rings. The Morgan fingerprint density at radius 1 is 1.20 bits per heavy atom. The van der Waals surface area contributed by atoms with Gasteiger partial charge in [0.15, 0.2) is 0 Å². The molecule has 2 amide bonds. The van der Waals surface area contributed by atoms with Crippen molar-refractivity contribution in [3.05, 3.63) is 71.0 Å². The van der Waals surface area contributed by atoms with E-state index in [4.69, 9.17) is 5.26 Å². The molecule has 0 spiro atoms. The first-order valence-corrected chi connectivity index (χ1v) is 8.00. The smallest absolute Gasteiger partial charge is 0.315 e. The molecule has 0 heterocycles. The molecular formula is C19H20FN3O2. The van der Waals surface area contributed by atoms with Gasteiger partial charge in [0, 0.05) is 31.2 Å². The van der Waals surface area contributed by atoms with Gasteiger partial charge in [0.05, 0.1) is 11.6 Å². The Balaban J connectivity index is 1.88. The monoisotopic (exact) mass is 341 g/mol. The third kappa shape index (κ3) is 5.59. The van der Waals surface area contributed by atoms with Crippen LogP contribution in [0.4, 0.5) is 9.18 Å². The molecule has 0 aliphatic carbocycles. The second-order valence-electron chi connectivity index (χ2n) is 5.60. The van der Waals surface area contributed by atoms with E-state index in [0.29, 0.717) is 18.5 Å². The van der Waals surface area contributed by atoms with Crippen molar-refractivity contribution in [2.24, 2.45) is 0 Å². The molecule has 25 heavy (non-hydrogen) atoms. The molecule has 0 saturated heterocycles. The number of aliphatic hydroxyl groups excluding tert-OH is 1. The number of aliphatic hydroxyl groups is 1. The molecule has 0 saturated carbocycles. The molecule has 2 rings (SSSR count). The molecule has 0 radical (unpaired) electrons. The third-order valence-electron chi connectivity index (χ3n) is 3.87. The second kappa shape index (κ2) is 9.40. The summed E-state index contributed by atoms with van der Waals surface area (Å²) in [6.07, 6.45) is 0.531. The minimum absolute atomic E-state index is 0.00407. The molecule has 5 nitrogen and oxygen atoms in total. The quantitative estimate of drug-likeness (QED) is 0.724. The number of benzene rings is 2. The van der Waals surface area contributed by atoms with Gasteiger partial charge in [-0.15, -0.1) is 0 Å². The highest BCUT2D eigenvalue weighted by Gasteiger charge is 2.12. The largest absolute Gasteiger partial charge is 0.396 e. The van der Waals surface area contributed by atoms with E-state index in [9.17, 15) is 14.3 Å². The van der Waals surface area contributed by atoms with Crippen molar-refractivity contribution in [1.82, 2.24) is 10.6 Å². The summed E-state index contributed by atoms with van der Waals surface area (Å²) < 4.78 is 13.7. The van der Waals surface area contributed by atoms with Gasteiger partial charge in [0.2, 0.25) is 0 Å². The van der Waals surface area contributed by atoms with Crippen molar-refractivity contribution < 1.29 is 14.3 Å². The van der Waals surface area contributed by atoms with E-state index in [1.54, 1.807) is 0 Å². The number of nitrogens with one attached hydrogen (secondary N) is 2. The van der Waals surface area contributed by atoms with E-state index in [1.165, 1.54) is 18.2 Å². The van der Waals surface area contributed by atoms with Gasteiger partial charge in [-0.1, -0.05) is 30.3 Å². The number of hydrogen-bond acceptors (Lipinski definition) is 3. The Labute approximate surface area is 146 Å². The third-order valence-corrected chi connectivity index (χ3v) is 3.87. The van der Waals surface area contributed by atoms with Gasteiger partial charge in [-0.3, -0.25) is 0 Å². The van der Waals surface area contributed by atoms with Crippen LogP contribution in [-0.4, -0.2) is 24.3 Å². The van der Waals surface area contributed by atoms with E-state index in [2.05, 4.69) is 10.6 Å². The molecule has 0 aromatic heterocycles. The Morgan fingerprint density at radius 2 is 1.96 bits per heavy atom. The summed E-state index contributed by atoms with van der Waals surface area (Å²) in [6.45, 7) is 0.370. The highest BCUT2D eigenvalue weighted by atomic mass is 19.1. The minimum Gasteiger partial charge on any atom is -0.396 e. The molecule has 1 unspecified atom stereocenters. The number of nitrogens with zero attached hydrogens (tertiary/aromatic N) is 1. The van der Waals surface area contributed by atoms with Gasteiger partial charge in [0.25, 0.3) is 0 Å². The number of carbonyl (C=O) groups is 1. The zero-order valence-electron chi connectivity index (χ0n) is 13.7. The lowest BCUT2D eigenvalue weighted by atomic mass is 9.96. The highest BCUT2D eigenvalue weighted by Crippen LogP contribution is 2.18. The second-order valence-corrected chi connectivity index (χ2v) is 5.60. The Morgan fingerprint density at radius 3 is 2.64 bits per heavy atom. The maximum Gasteiger partial charge on any atom is 0.315 e. The van der Waals surface area contributed by atoms with Gasteiger partial charge in [-0.2, -0.15) is 5.26 Å². The maximum absolute atomic E-state index is 13.7. The van der Waals surface area contributed by atoms with Crippen LogP contribution in [0.3, 0.4) is 0 Å². The van der Waals surface area contributed by atoms with Crippen molar-refractivity contribution in [2.45, 2.75) is 18.9 Å². The number of halogens is 1. The number of carbonyl (C=O) groups excluding carboxylic acids is 1. The van der Waals surface area contributed by atoms with Crippen LogP contribution in [-0.2, 0) is 6.54 Å². The summed E-state index contributed by atoms with van der Waals surface area (Å²) in [7, 11) is 0. The molecule has 130 valence electrons. The normalized spacial score (nSPS) is 11.4. The number of amides is 2. The number of rotatable bonds is 7. The summed E-state index contributed by atoms with van der Waals surface area (Å²) in [5.41, 5.74) is 1.62. The van der Waals surface area contributed by atoms with Crippen molar-refractivity contribution in [2.75, 3.05) is 13.2 Å². The predicted octanol–water partition coefficient (Wildman–Crippen LogP) is 2.66. The summed E-state index contributed by atoms with van der Waals surface area (Å²) in [4.78, 5) is 11.9. The fourth-order valence-electron chi connectivity index (χ4n) is 2.50. The molecule has 6 heteroatoms. The first-order chi connectivity index (χ1) is 12.1. The lowest BCUT2D eigenvalue weighted by Crippen LogP contribution is -2.37. The summed E-state index contributed by atoms with van der Waals surface area (Å²) >= 11 is 0. The van der Waals surface area contributed by atoms with Crippen LogP contribution in [0.1, 0.15) is 29.0 Å². The van der Waals surface area contributed by atoms with Gasteiger partial charge in [-0.05, 0) is 30.2 Å². The molecule has 3 N–H and O–H groups in total. The van der Waals surface area contributed by atoms with Crippen molar-refractivity contribution in [3.63, 3.8) is 0 Å². The number of urea groups is 1. The van der Waals surface area contributed by atoms with Crippen LogP contribution >= 0.6 is 0 Å². The minimum atomic E-state index is -0.471. The van der Waals surface area contributed by atoms with E-state index in [1.807, 2.05) is 36.4 Å². The van der Waals surface area contributed by atoms with Crippen LogP contribution in [0.5, 0.6) is 0 Å². The van der Waals surface area contributed by atoms with Gasteiger partial charge < -0.3 is 15.7 Å². The lowest BCUT2D eigenvalue weighted by molar-refractivity contribution is 0.237. The van der Waals surface area contributed by atoms with E-state index in [0.717, 1.165) is 5.56 Å². The summed E-state index contributed by atoms with van der Waals surface area (Å²) in [5, 5.41) is 23.4.